The maximum atomic E-state index is 12.2. The molecule has 5 heteroatoms. The topological polar surface area (TPSA) is 67.0 Å². The van der Waals surface area contributed by atoms with Crippen molar-refractivity contribution in [3.05, 3.63) is 52.9 Å². The third-order valence-corrected chi connectivity index (χ3v) is 4.45. The lowest BCUT2D eigenvalue weighted by Crippen LogP contribution is -2.26. The molecule has 1 aliphatic carbocycles. The zero-order chi connectivity index (χ0) is 18.7. The molecule has 0 radical (unpaired) electrons. The summed E-state index contributed by atoms with van der Waals surface area (Å²) in [6.07, 6.45) is 3.67. The lowest BCUT2D eigenvalue weighted by molar-refractivity contribution is -0.117. The van der Waals surface area contributed by atoms with Crippen molar-refractivity contribution in [2.24, 2.45) is 0 Å². The molecule has 1 aromatic heterocycles. The molecule has 1 N–H and O–H groups in total. The van der Waals surface area contributed by atoms with Gasteiger partial charge in [-0.2, -0.15) is 5.26 Å². The molecule has 0 saturated heterocycles. The number of nitrogens with zero attached hydrogens (tertiary/aromatic N) is 2. The van der Waals surface area contributed by atoms with Crippen LogP contribution >= 0.6 is 0 Å². The molecule has 26 heavy (non-hydrogen) atoms. The fourth-order valence-corrected chi connectivity index (χ4v) is 2.98. The van der Waals surface area contributed by atoms with Crippen LogP contribution in [0.2, 0.25) is 0 Å². The fourth-order valence-electron chi connectivity index (χ4n) is 2.98. The first-order valence-electron chi connectivity index (χ1n) is 8.88. The summed E-state index contributed by atoms with van der Waals surface area (Å²) in [4.78, 5) is 12.2. The molecule has 0 atom stereocenters. The highest BCUT2D eigenvalue weighted by Gasteiger charge is 2.25. The number of rotatable bonds is 6. The van der Waals surface area contributed by atoms with E-state index < -0.39 is 0 Å². The third kappa shape index (κ3) is 3.80. The normalized spacial score (nSPS) is 14.0. The largest absolute Gasteiger partial charge is 0.494 e. The number of amides is 1. The quantitative estimate of drug-likeness (QED) is 0.639. The highest BCUT2D eigenvalue weighted by atomic mass is 16.5. The molecule has 3 rings (SSSR count). The molecule has 1 aromatic carbocycles. The van der Waals surface area contributed by atoms with Crippen LogP contribution in [-0.2, 0) is 4.79 Å². The van der Waals surface area contributed by atoms with E-state index >= 15 is 0 Å². The Kier molecular flexibility index (Phi) is 5.13. The molecule has 0 aliphatic heterocycles. The van der Waals surface area contributed by atoms with Crippen molar-refractivity contribution >= 4 is 12.0 Å². The minimum absolute atomic E-state index is 0.142. The average Bonchev–Trinajstić information content (AvgIpc) is 3.39. The lowest BCUT2D eigenvalue weighted by Gasteiger charge is -2.11. The number of aromatic nitrogens is 1. The summed E-state index contributed by atoms with van der Waals surface area (Å²) in [5, 5.41) is 12.2. The van der Waals surface area contributed by atoms with Crippen LogP contribution in [-0.4, -0.2) is 23.1 Å². The van der Waals surface area contributed by atoms with Crippen molar-refractivity contribution < 1.29 is 9.53 Å². The zero-order valence-corrected chi connectivity index (χ0v) is 15.4. The molecule has 0 spiro atoms. The van der Waals surface area contributed by atoms with E-state index in [1.54, 1.807) is 6.08 Å². The van der Waals surface area contributed by atoms with E-state index in [0.29, 0.717) is 6.61 Å². The van der Waals surface area contributed by atoms with Gasteiger partial charge in [0.15, 0.2) is 0 Å². The number of nitrogens with one attached hydrogen (secondary N) is 1. The van der Waals surface area contributed by atoms with E-state index in [1.165, 1.54) is 0 Å². The third-order valence-electron chi connectivity index (χ3n) is 4.45. The van der Waals surface area contributed by atoms with E-state index in [4.69, 9.17) is 4.74 Å². The van der Waals surface area contributed by atoms with Gasteiger partial charge in [-0.3, -0.25) is 4.79 Å². The molecule has 1 fully saturated rings. The Bertz CT molecular complexity index is 881. The van der Waals surface area contributed by atoms with Crippen LogP contribution < -0.4 is 10.1 Å². The predicted octanol–water partition coefficient (Wildman–Crippen LogP) is 3.68. The molecule has 2 aromatic rings. The summed E-state index contributed by atoms with van der Waals surface area (Å²) in [6.45, 7) is 6.59. The van der Waals surface area contributed by atoms with Crippen LogP contribution in [0, 0.1) is 25.2 Å². The number of hydrogen-bond donors (Lipinski definition) is 1. The Morgan fingerprint density at radius 2 is 2.04 bits per heavy atom. The summed E-state index contributed by atoms with van der Waals surface area (Å²) < 4.78 is 7.60. The van der Waals surface area contributed by atoms with E-state index in [-0.39, 0.29) is 17.5 Å². The molecular formula is C21H23N3O2. The summed E-state index contributed by atoms with van der Waals surface area (Å²) >= 11 is 0. The summed E-state index contributed by atoms with van der Waals surface area (Å²) in [5.41, 5.74) is 4.06. The number of nitriles is 1. The summed E-state index contributed by atoms with van der Waals surface area (Å²) in [5.74, 6) is 0.545. The van der Waals surface area contributed by atoms with Crippen molar-refractivity contribution in [2.75, 3.05) is 6.61 Å². The van der Waals surface area contributed by atoms with Crippen molar-refractivity contribution in [3.8, 4) is 17.5 Å². The van der Waals surface area contributed by atoms with Crippen molar-refractivity contribution in [3.63, 3.8) is 0 Å². The van der Waals surface area contributed by atoms with Gasteiger partial charge in [0.2, 0.25) is 0 Å². The van der Waals surface area contributed by atoms with Crippen molar-refractivity contribution in [1.82, 2.24) is 9.88 Å². The Morgan fingerprint density at radius 3 is 2.62 bits per heavy atom. The number of aryl methyl sites for hydroxylation is 1. The van der Waals surface area contributed by atoms with Gasteiger partial charge >= 0.3 is 0 Å². The highest BCUT2D eigenvalue weighted by molar-refractivity contribution is 6.02. The first kappa shape index (κ1) is 17.8. The first-order valence-corrected chi connectivity index (χ1v) is 8.88. The molecule has 1 aliphatic rings. The maximum absolute atomic E-state index is 12.2. The van der Waals surface area contributed by atoms with Gasteiger partial charge in [0, 0.05) is 23.1 Å². The Balaban J connectivity index is 1.90. The van der Waals surface area contributed by atoms with Crippen molar-refractivity contribution in [2.45, 2.75) is 39.7 Å². The Hall–Kier alpha value is -3.00. The van der Waals surface area contributed by atoms with Gasteiger partial charge in [0.25, 0.3) is 5.91 Å². The van der Waals surface area contributed by atoms with Gasteiger partial charge in [-0.15, -0.1) is 0 Å². The van der Waals surface area contributed by atoms with E-state index in [0.717, 1.165) is 41.2 Å². The van der Waals surface area contributed by atoms with E-state index in [1.807, 2.05) is 57.2 Å². The second-order valence-corrected chi connectivity index (χ2v) is 6.51. The molecule has 0 unspecified atom stereocenters. The van der Waals surface area contributed by atoms with Crippen LogP contribution in [0.25, 0.3) is 11.8 Å². The fraction of sp³-hybridized carbons (Fsp3) is 0.333. The maximum Gasteiger partial charge on any atom is 0.262 e. The van der Waals surface area contributed by atoms with Gasteiger partial charge in [-0.05, 0) is 75.6 Å². The molecule has 1 heterocycles. The number of hydrogen-bond acceptors (Lipinski definition) is 3. The van der Waals surface area contributed by atoms with Crippen LogP contribution in [0.1, 0.15) is 36.7 Å². The molecular weight excluding hydrogens is 326 g/mol. The SMILES string of the molecule is CCOc1ccc(-n2c(C)cc(/C=C(\C#N)C(=O)NC3CC3)c2C)cc1. The van der Waals surface area contributed by atoms with E-state index in [2.05, 4.69) is 9.88 Å². The molecule has 134 valence electrons. The zero-order valence-electron chi connectivity index (χ0n) is 15.4. The highest BCUT2D eigenvalue weighted by Crippen LogP contribution is 2.25. The average molecular weight is 349 g/mol. The number of carbonyl (C=O) groups excluding carboxylic acids is 1. The standard InChI is InChI=1S/C21H23N3O2/c1-4-26-20-9-7-19(8-10-20)24-14(2)11-16(15(24)3)12-17(13-22)21(25)23-18-5-6-18/h7-12,18H,4-6H2,1-3H3,(H,23,25)/b17-12+. The van der Waals surface area contributed by atoms with Crippen LogP contribution in [0.15, 0.2) is 35.9 Å². The van der Waals surface area contributed by atoms with Gasteiger partial charge in [-0.1, -0.05) is 0 Å². The van der Waals surface area contributed by atoms with Gasteiger partial charge in [0.05, 0.1) is 6.61 Å². The van der Waals surface area contributed by atoms with Gasteiger partial charge < -0.3 is 14.6 Å². The lowest BCUT2D eigenvalue weighted by atomic mass is 10.1. The minimum Gasteiger partial charge on any atom is -0.494 e. The Morgan fingerprint density at radius 1 is 1.35 bits per heavy atom. The van der Waals surface area contributed by atoms with Crippen LogP contribution in [0.4, 0.5) is 0 Å². The molecule has 1 amide bonds. The van der Waals surface area contributed by atoms with Gasteiger partial charge in [-0.25, -0.2) is 0 Å². The number of ether oxygens (including phenoxy) is 1. The monoisotopic (exact) mass is 349 g/mol. The molecule has 0 bridgehead atoms. The van der Waals surface area contributed by atoms with Crippen LogP contribution in [0.5, 0.6) is 5.75 Å². The second-order valence-electron chi connectivity index (χ2n) is 6.51. The smallest absolute Gasteiger partial charge is 0.262 e. The summed E-state index contributed by atoms with van der Waals surface area (Å²) in [6, 6.07) is 12.1. The first-order chi connectivity index (χ1) is 12.5. The van der Waals surface area contributed by atoms with E-state index in [9.17, 15) is 10.1 Å². The second kappa shape index (κ2) is 7.49. The summed E-state index contributed by atoms with van der Waals surface area (Å²) in [7, 11) is 0. The predicted molar refractivity (Wildman–Crippen MR) is 101 cm³/mol. The Labute approximate surface area is 153 Å². The van der Waals surface area contributed by atoms with Crippen LogP contribution in [0.3, 0.4) is 0 Å². The molecule has 5 nitrogen and oxygen atoms in total. The molecule has 1 saturated carbocycles. The number of carbonyl (C=O) groups is 1. The number of benzene rings is 1. The van der Waals surface area contributed by atoms with Gasteiger partial charge in [0.1, 0.15) is 17.4 Å². The van der Waals surface area contributed by atoms with Crippen molar-refractivity contribution in [1.29, 1.82) is 5.26 Å². The minimum atomic E-state index is -0.291.